The lowest BCUT2D eigenvalue weighted by molar-refractivity contribution is -0.384. The van der Waals surface area contributed by atoms with Crippen molar-refractivity contribution in [3.05, 3.63) is 39.9 Å². The first-order valence-corrected chi connectivity index (χ1v) is 6.91. The molecule has 1 aromatic carbocycles. The molecule has 1 aromatic rings. The molecule has 1 saturated heterocycles. The third-order valence-electron chi connectivity index (χ3n) is 3.47. The zero-order valence-corrected chi connectivity index (χ0v) is 11.3. The highest BCUT2D eigenvalue weighted by Gasteiger charge is 2.15. The summed E-state index contributed by atoms with van der Waals surface area (Å²) in [6.45, 7) is 1.96. The molecule has 20 heavy (non-hydrogen) atoms. The highest BCUT2D eigenvalue weighted by molar-refractivity contribution is 5.33. The van der Waals surface area contributed by atoms with E-state index in [2.05, 4.69) is 5.32 Å². The van der Waals surface area contributed by atoms with Crippen LogP contribution < -0.4 is 5.32 Å². The highest BCUT2D eigenvalue weighted by atomic mass is 16.6. The minimum Gasteiger partial charge on any atom is -0.387 e. The SMILES string of the molecule is O=[N+]([O-])c1ccc(C(O)CNCC2CCCCO2)cc1. The molecule has 0 bridgehead atoms. The molecule has 6 nitrogen and oxygen atoms in total. The maximum atomic E-state index is 10.5. The van der Waals surface area contributed by atoms with Gasteiger partial charge in [0.1, 0.15) is 0 Å². The smallest absolute Gasteiger partial charge is 0.269 e. The summed E-state index contributed by atoms with van der Waals surface area (Å²) in [5, 5.41) is 23.7. The maximum absolute atomic E-state index is 10.5. The minimum atomic E-state index is -0.667. The zero-order valence-electron chi connectivity index (χ0n) is 11.3. The van der Waals surface area contributed by atoms with Gasteiger partial charge in [-0.3, -0.25) is 10.1 Å². The normalized spacial score (nSPS) is 20.6. The molecule has 2 atom stereocenters. The Hall–Kier alpha value is -1.50. The van der Waals surface area contributed by atoms with Crippen LogP contribution in [0.2, 0.25) is 0 Å². The van der Waals surface area contributed by atoms with Crippen LogP contribution in [0.3, 0.4) is 0 Å². The van der Waals surface area contributed by atoms with Gasteiger partial charge < -0.3 is 15.2 Å². The number of rotatable bonds is 6. The zero-order chi connectivity index (χ0) is 14.4. The molecule has 0 saturated carbocycles. The molecule has 2 N–H and O–H groups in total. The molecular weight excluding hydrogens is 260 g/mol. The predicted octanol–water partition coefficient (Wildman–Crippen LogP) is 1.79. The van der Waals surface area contributed by atoms with Gasteiger partial charge in [0.2, 0.25) is 0 Å². The molecule has 0 radical (unpaired) electrons. The van der Waals surface area contributed by atoms with Gasteiger partial charge in [0.15, 0.2) is 0 Å². The van der Waals surface area contributed by atoms with Crippen LogP contribution in [0.1, 0.15) is 30.9 Å². The van der Waals surface area contributed by atoms with Crippen LogP contribution in [-0.2, 0) is 4.74 Å². The van der Waals surface area contributed by atoms with Crippen molar-refractivity contribution in [2.75, 3.05) is 19.7 Å². The molecule has 0 aliphatic carbocycles. The van der Waals surface area contributed by atoms with Crippen molar-refractivity contribution in [3.8, 4) is 0 Å². The largest absolute Gasteiger partial charge is 0.387 e. The van der Waals surface area contributed by atoms with E-state index in [0.717, 1.165) is 26.0 Å². The number of hydrogen-bond donors (Lipinski definition) is 2. The van der Waals surface area contributed by atoms with Crippen LogP contribution in [0, 0.1) is 10.1 Å². The van der Waals surface area contributed by atoms with Gasteiger partial charge in [-0.2, -0.15) is 0 Å². The molecule has 2 rings (SSSR count). The van der Waals surface area contributed by atoms with Crippen molar-refractivity contribution >= 4 is 5.69 Å². The number of nitro benzene ring substituents is 1. The van der Waals surface area contributed by atoms with E-state index in [1.807, 2.05) is 0 Å². The number of nitrogens with one attached hydrogen (secondary N) is 1. The van der Waals surface area contributed by atoms with Crippen molar-refractivity contribution in [2.24, 2.45) is 0 Å². The standard InChI is InChI=1S/C14H20N2O4/c17-14(10-15-9-13-3-1-2-8-20-13)11-4-6-12(7-5-11)16(18)19/h4-7,13-15,17H,1-3,8-10H2. The summed E-state index contributed by atoms with van der Waals surface area (Å²) < 4.78 is 5.59. The van der Waals surface area contributed by atoms with Crippen molar-refractivity contribution in [1.29, 1.82) is 0 Å². The summed E-state index contributed by atoms with van der Waals surface area (Å²) in [4.78, 5) is 10.1. The second-order valence-electron chi connectivity index (χ2n) is 5.01. The van der Waals surface area contributed by atoms with Crippen LogP contribution >= 0.6 is 0 Å². The fourth-order valence-corrected chi connectivity index (χ4v) is 2.29. The Morgan fingerprint density at radius 1 is 1.40 bits per heavy atom. The molecule has 6 heteroatoms. The average Bonchev–Trinajstić information content (AvgIpc) is 2.48. The molecule has 110 valence electrons. The van der Waals surface area contributed by atoms with E-state index >= 15 is 0 Å². The summed E-state index contributed by atoms with van der Waals surface area (Å²) in [7, 11) is 0. The number of non-ortho nitro benzene ring substituents is 1. The first-order chi connectivity index (χ1) is 9.66. The fourth-order valence-electron chi connectivity index (χ4n) is 2.29. The van der Waals surface area contributed by atoms with Gasteiger partial charge in [-0.05, 0) is 37.0 Å². The van der Waals surface area contributed by atoms with E-state index in [1.54, 1.807) is 12.1 Å². The fraction of sp³-hybridized carbons (Fsp3) is 0.571. The van der Waals surface area contributed by atoms with Crippen molar-refractivity contribution in [2.45, 2.75) is 31.5 Å². The Morgan fingerprint density at radius 2 is 2.15 bits per heavy atom. The van der Waals surface area contributed by atoms with Gasteiger partial charge in [0, 0.05) is 31.8 Å². The van der Waals surface area contributed by atoms with Crippen LogP contribution in [0.25, 0.3) is 0 Å². The maximum Gasteiger partial charge on any atom is 0.269 e. The second-order valence-corrected chi connectivity index (χ2v) is 5.01. The highest BCUT2D eigenvalue weighted by Crippen LogP contribution is 2.17. The van der Waals surface area contributed by atoms with Crippen molar-refractivity contribution in [1.82, 2.24) is 5.32 Å². The lowest BCUT2D eigenvalue weighted by Gasteiger charge is -2.23. The Balaban J connectivity index is 1.76. The van der Waals surface area contributed by atoms with E-state index in [0.29, 0.717) is 12.1 Å². The monoisotopic (exact) mass is 280 g/mol. The third kappa shape index (κ3) is 4.26. The Bertz CT molecular complexity index is 429. The second kappa shape index (κ2) is 7.33. The molecule has 0 spiro atoms. The van der Waals surface area contributed by atoms with Crippen LogP contribution in [0.5, 0.6) is 0 Å². The first-order valence-electron chi connectivity index (χ1n) is 6.91. The predicted molar refractivity (Wildman–Crippen MR) is 74.5 cm³/mol. The van der Waals surface area contributed by atoms with Crippen molar-refractivity contribution < 1.29 is 14.8 Å². The molecule has 1 heterocycles. The van der Waals surface area contributed by atoms with Crippen LogP contribution in [0.15, 0.2) is 24.3 Å². The molecular formula is C14H20N2O4. The van der Waals surface area contributed by atoms with E-state index in [4.69, 9.17) is 4.74 Å². The molecule has 1 aliphatic rings. The van der Waals surface area contributed by atoms with E-state index in [9.17, 15) is 15.2 Å². The Labute approximate surface area is 117 Å². The van der Waals surface area contributed by atoms with Crippen LogP contribution in [0.4, 0.5) is 5.69 Å². The first kappa shape index (κ1) is 14.9. The summed E-state index contributed by atoms with van der Waals surface area (Å²) in [6.07, 6.45) is 2.94. The van der Waals surface area contributed by atoms with E-state index in [-0.39, 0.29) is 11.8 Å². The third-order valence-corrected chi connectivity index (χ3v) is 3.47. The van der Waals surface area contributed by atoms with Gasteiger partial charge in [-0.25, -0.2) is 0 Å². The van der Waals surface area contributed by atoms with E-state index < -0.39 is 11.0 Å². The quantitative estimate of drug-likeness (QED) is 0.613. The molecule has 0 amide bonds. The summed E-state index contributed by atoms with van der Waals surface area (Å²) >= 11 is 0. The van der Waals surface area contributed by atoms with Gasteiger partial charge in [0.05, 0.1) is 17.1 Å². The van der Waals surface area contributed by atoms with Crippen molar-refractivity contribution in [3.63, 3.8) is 0 Å². The topological polar surface area (TPSA) is 84.6 Å². The van der Waals surface area contributed by atoms with Gasteiger partial charge in [0.25, 0.3) is 5.69 Å². The minimum absolute atomic E-state index is 0.0320. The summed E-state index contributed by atoms with van der Waals surface area (Å²) in [5.74, 6) is 0. The summed E-state index contributed by atoms with van der Waals surface area (Å²) in [6, 6.07) is 5.98. The lowest BCUT2D eigenvalue weighted by atomic mass is 10.1. The molecule has 2 unspecified atom stereocenters. The number of aliphatic hydroxyl groups excluding tert-OH is 1. The number of hydrogen-bond acceptors (Lipinski definition) is 5. The van der Waals surface area contributed by atoms with E-state index in [1.165, 1.54) is 18.6 Å². The Kier molecular flexibility index (Phi) is 5.46. The average molecular weight is 280 g/mol. The lowest BCUT2D eigenvalue weighted by Crippen LogP contribution is -2.34. The Morgan fingerprint density at radius 3 is 2.75 bits per heavy atom. The number of benzene rings is 1. The number of nitro groups is 1. The molecule has 0 aromatic heterocycles. The summed E-state index contributed by atoms with van der Waals surface area (Å²) in [5.41, 5.74) is 0.706. The molecule has 1 fully saturated rings. The molecule has 1 aliphatic heterocycles. The number of aliphatic hydroxyl groups is 1. The number of nitrogens with zero attached hydrogens (tertiary/aromatic N) is 1. The van der Waals surface area contributed by atoms with Gasteiger partial charge in [-0.15, -0.1) is 0 Å². The number of ether oxygens (including phenoxy) is 1. The van der Waals surface area contributed by atoms with Gasteiger partial charge >= 0.3 is 0 Å². The van der Waals surface area contributed by atoms with Crippen LogP contribution in [-0.4, -0.2) is 35.8 Å². The van der Waals surface area contributed by atoms with Gasteiger partial charge in [-0.1, -0.05) is 0 Å².